The van der Waals surface area contributed by atoms with Crippen LogP contribution < -0.4 is 11.1 Å². The van der Waals surface area contributed by atoms with E-state index in [-0.39, 0.29) is 36.2 Å². The number of allylic oxidation sites excluding steroid dienone is 1. The number of hydrogen-bond donors (Lipinski definition) is 3. The van der Waals surface area contributed by atoms with Crippen LogP contribution in [0.2, 0.25) is 0 Å². The van der Waals surface area contributed by atoms with Crippen LogP contribution in [0.3, 0.4) is 0 Å². The highest BCUT2D eigenvalue weighted by Crippen LogP contribution is 2.42. The molecule has 0 radical (unpaired) electrons. The van der Waals surface area contributed by atoms with E-state index in [1.807, 2.05) is 6.07 Å². The van der Waals surface area contributed by atoms with Crippen molar-refractivity contribution in [3.8, 4) is 6.07 Å². The summed E-state index contributed by atoms with van der Waals surface area (Å²) in [5.41, 5.74) is 3.62. The number of aliphatic hydroxyl groups is 1. The first-order chi connectivity index (χ1) is 21.8. The highest BCUT2D eigenvalue weighted by atomic mass is 16.7. The number of esters is 2. The molecule has 5 atom stereocenters. The van der Waals surface area contributed by atoms with Gasteiger partial charge in [-0.15, -0.1) is 0 Å². The van der Waals surface area contributed by atoms with Crippen molar-refractivity contribution in [1.29, 1.82) is 5.26 Å². The molecule has 1 saturated heterocycles. The average Bonchev–Trinajstić information content (AvgIpc) is 3.55. The maximum absolute atomic E-state index is 13.1. The molecule has 2 aliphatic rings. The molecule has 1 aliphatic heterocycles. The summed E-state index contributed by atoms with van der Waals surface area (Å²) in [4.78, 5) is 42.3. The van der Waals surface area contributed by atoms with Crippen LogP contribution in [-0.2, 0) is 38.9 Å². The van der Waals surface area contributed by atoms with Gasteiger partial charge in [-0.25, -0.2) is 14.3 Å². The van der Waals surface area contributed by atoms with Crippen molar-refractivity contribution in [2.75, 3.05) is 18.7 Å². The first kappa shape index (κ1) is 34.6. The molecule has 250 valence electrons. The Morgan fingerprint density at radius 1 is 1.24 bits per heavy atom. The van der Waals surface area contributed by atoms with Crippen molar-refractivity contribution in [3.05, 3.63) is 36.5 Å². The largest absolute Gasteiger partial charge is 0.463 e. The molecule has 1 amide bonds. The van der Waals surface area contributed by atoms with Gasteiger partial charge in [0.15, 0.2) is 11.9 Å². The van der Waals surface area contributed by atoms with Crippen LogP contribution in [0, 0.1) is 22.7 Å². The fraction of sp³-hybridized carbons (Fsp3) is 0.613. The van der Waals surface area contributed by atoms with Gasteiger partial charge < -0.3 is 34.5 Å². The normalized spacial score (nSPS) is 24.1. The maximum Gasteiger partial charge on any atom is 0.415 e. The first-order valence-electron chi connectivity index (χ1n) is 15.2. The van der Waals surface area contributed by atoms with Crippen LogP contribution in [0.4, 0.5) is 10.6 Å². The molecule has 4 N–H and O–H groups in total. The van der Waals surface area contributed by atoms with Crippen LogP contribution >= 0.6 is 0 Å². The lowest BCUT2D eigenvalue weighted by atomic mass is 9.87. The zero-order valence-electron chi connectivity index (χ0n) is 26.6. The molecule has 1 saturated carbocycles. The standard InChI is InChI=1S/C31H42N6O9/c1-18(2)43-17-44-29(41)36-27-20-11-12-22(37(20)35-16-34-27)31(15-32)26(39)24(45-23(38)13-19-9-7-6-8-10-19)21(46-31)14-42-28(40)25(33)30(3,4)5/h11-12,16,19,21,24-26,39H,1,6-10,13-14,17,33H2,2-5H3,(H,34,35,36,41)/t21-,24-,25-,26-,31+/m1/s1. The lowest BCUT2D eigenvalue weighted by molar-refractivity contribution is -0.162. The number of anilines is 1. The lowest BCUT2D eigenvalue weighted by Gasteiger charge is -2.26. The number of nitrogens with zero attached hydrogens (tertiary/aromatic N) is 4. The minimum absolute atomic E-state index is 0.0271. The van der Waals surface area contributed by atoms with Crippen molar-refractivity contribution in [3.63, 3.8) is 0 Å². The summed E-state index contributed by atoms with van der Waals surface area (Å²) in [5.74, 6) is -0.741. The number of ether oxygens (including phenoxy) is 5. The Hall–Kier alpha value is -4.26. The van der Waals surface area contributed by atoms with Crippen molar-refractivity contribution in [2.45, 2.75) is 96.2 Å². The van der Waals surface area contributed by atoms with Crippen molar-refractivity contribution >= 4 is 29.4 Å². The van der Waals surface area contributed by atoms with E-state index in [0.717, 1.165) is 38.4 Å². The highest BCUT2D eigenvalue weighted by molar-refractivity contribution is 5.88. The molecule has 15 nitrogen and oxygen atoms in total. The van der Waals surface area contributed by atoms with E-state index in [4.69, 9.17) is 29.4 Å². The lowest BCUT2D eigenvalue weighted by Crippen LogP contribution is -2.45. The Labute approximate surface area is 267 Å². The van der Waals surface area contributed by atoms with Crippen LogP contribution in [0.1, 0.15) is 71.9 Å². The molecule has 1 aliphatic carbocycles. The summed E-state index contributed by atoms with van der Waals surface area (Å²) < 4.78 is 28.6. The number of nitriles is 1. The van der Waals surface area contributed by atoms with Crippen LogP contribution in [0.5, 0.6) is 0 Å². The van der Waals surface area contributed by atoms with Crippen molar-refractivity contribution in [2.24, 2.45) is 17.1 Å². The second-order valence-electron chi connectivity index (χ2n) is 12.7. The smallest absolute Gasteiger partial charge is 0.415 e. The van der Waals surface area contributed by atoms with Gasteiger partial charge in [0.1, 0.15) is 42.8 Å². The van der Waals surface area contributed by atoms with E-state index in [1.165, 1.54) is 16.6 Å². The third-order valence-electron chi connectivity index (χ3n) is 8.17. The van der Waals surface area contributed by atoms with Gasteiger partial charge in [-0.3, -0.25) is 14.9 Å². The Bertz CT molecular complexity index is 1470. The number of nitrogens with one attached hydrogen (secondary N) is 1. The van der Waals surface area contributed by atoms with E-state index in [2.05, 4.69) is 22.0 Å². The monoisotopic (exact) mass is 642 g/mol. The molecule has 0 unspecified atom stereocenters. The van der Waals surface area contributed by atoms with E-state index in [9.17, 15) is 24.8 Å². The maximum atomic E-state index is 13.1. The molecule has 0 aromatic carbocycles. The van der Waals surface area contributed by atoms with Gasteiger partial charge in [-0.05, 0) is 43.2 Å². The van der Waals surface area contributed by atoms with Gasteiger partial charge in [0.25, 0.3) is 0 Å². The predicted molar refractivity (Wildman–Crippen MR) is 161 cm³/mol. The first-order valence-corrected chi connectivity index (χ1v) is 15.2. The number of nitrogens with two attached hydrogens (primary N) is 1. The minimum atomic E-state index is -2.13. The van der Waals surface area contributed by atoms with Gasteiger partial charge in [0.2, 0.25) is 12.4 Å². The number of aliphatic hydroxyl groups excluding tert-OH is 1. The summed E-state index contributed by atoms with van der Waals surface area (Å²) in [5, 5.41) is 28.8. The Morgan fingerprint density at radius 2 is 1.96 bits per heavy atom. The molecular formula is C31H42N6O9. The molecule has 46 heavy (non-hydrogen) atoms. The van der Waals surface area contributed by atoms with E-state index in [0.29, 0.717) is 5.76 Å². The predicted octanol–water partition coefficient (Wildman–Crippen LogP) is 3.06. The molecule has 15 heteroatoms. The fourth-order valence-electron chi connectivity index (χ4n) is 5.50. The quantitative estimate of drug-likeness (QED) is 0.139. The number of hydrogen-bond acceptors (Lipinski definition) is 13. The van der Waals surface area contributed by atoms with Gasteiger partial charge in [0, 0.05) is 6.42 Å². The zero-order valence-corrected chi connectivity index (χ0v) is 26.6. The summed E-state index contributed by atoms with van der Waals surface area (Å²) in [6.45, 7) is 9.67. The zero-order chi connectivity index (χ0) is 33.6. The third-order valence-corrected chi connectivity index (χ3v) is 8.17. The number of fused-ring (bicyclic) bond motifs is 1. The topological polar surface area (TPSA) is 210 Å². The van der Waals surface area contributed by atoms with Crippen LogP contribution in [0.15, 0.2) is 30.8 Å². The summed E-state index contributed by atoms with van der Waals surface area (Å²) in [6, 6.07) is 4.02. The number of amides is 1. The van der Waals surface area contributed by atoms with E-state index >= 15 is 0 Å². The van der Waals surface area contributed by atoms with Crippen molar-refractivity contribution < 1.29 is 43.2 Å². The van der Waals surface area contributed by atoms with Gasteiger partial charge >= 0.3 is 18.0 Å². The van der Waals surface area contributed by atoms with E-state index < -0.39 is 60.0 Å². The molecule has 0 spiro atoms. The SMILES string of the molecule is C=C(C)OCOC(=O)Nc1ncnn2c([C@]3(C#N)O[C@H](COC(=O)[C@@H](N)C(C)(C)C)[C@@H](OC(=O)CC4CCCCC4)[C@H]3O)ccc12. The average molecular weight is 643 g/mol. The van der Waals surface area contributed by atoms with Crippen LogP contribution in [-0.4, -0.2) is 75.5 Å². The van der Waals surface area contributed by atoms with Gasteiger partial charge in [-0.2, -0.15) is 10.4 Å². The second kappa shape index (κ2) is 14.4. The molecular weight excluding hydrogens is 600 g/mol. The van der Waals surface area contributed by atoms with Crippen molar-refractivity contribution in [1.82, 2.24) is 14.6 Å². The summed E-state index contributed by atoms with van der Waals surface area (Å²) in [7, 11) is 0. The van der Waals surface area contributed by atoms with Gasteiger partial charge in [-0.1, -0.05) is 46.6 Å². The Kier molecular flexibility index (Phi) is 10.9. The number of carbonyl (C=O) groups excluding carboxylic acids is 3. The Morgan fingerprint density at radius 3 is 2.61 bits per heavy atom. The van der Waals surface area contributed by atoms with Gasteiger partial charge in [0.05, 0.1) is 11.5 Å². The Balaban J connectivity index is 1.61. The molecule has 4 rings (SSSR count). The minimum Gasteiger partial charge on any atom is -0.463 e. The molecule has 2 aromatic heterocycles. The molecule has 3 heterocycles. The van der Waals surface area contributed by atoms with E-state index in [1.54, 1.807) is 27.7 Å². The molecule has 2 aromatic rings. The van der Waals surface area contributed by atoms with Crippen LogP contribution in [0.25, 0.3) is 5.52 Å². The number of aromatic nitrogens is 3. The number of carbonyl (C=O) groups is 3. The summed E-state index contributed by atoms with van der Waals surface area (Å²) >= 11 is 0. The summed E-state index contributed by atoms with van der Waals surface area (Å²) in [6.07, 6.45) is 1.03. The second-order valence-corrected chi connectivity index (χ2v) is 12.7. The molecule has 2 fully saturated rings. The number of rotatable bonds is 11. The fourth-order valence-corrected chi connectivity index (χ4v) is 5.50. The third kappa shape index (κ3) is 7.75. The highest BCUT2D eigenvalue weighted by Gasteiger charge is 2.60. The molecule has 0 bridgehead atoms.